The maximum atomic E-state index is 12.4. The first-order chi connectivity index (χ1) is 10.8. The van der Waals surface area contributed by atoms with Gasteiger partial charge in [-0.25, -0.2) is 4.79 Å². The maximum absolute atomic E-state index is 12.4. The lowest BCUT2D eigenvalue weighted by atomic mass is 9.81. The number of benzene rings is 1. The molecule has 0 unspecified atom stereocenters. The Morgan fingerprint density at radius 3 is 2.57 bits per heavy atom. The van der Waals surface area contributed by atoms with Gasteiger partial charge in [-0.1, -0.05) is 11.6 Å². The fourth-order valence-electron chi connectivity index (χ4n) is 2.80. The fourth-order valence-corrected chi connectivity index (χ4v) is 2.97. The predicted octanol–water partition coefficient (Wildman–Crippen LogP) is 2.97. The van der Waals surface area contributed by atoms with Crippen LogP contribution in [0.5, 0.6) is 5.75 Å². The van der Waals surface area contributed by atoms with Crippen molar-refractivity contribution in [1.29, 1.82) is 0 Å². The fraction of sp³-hybridized carbons (Fsp3) is 0.562. The van der Waals surface area contributed by atoms with E-state index in [9.17, 15) is 4.79 Å². The van der Waals surface area contributed by atoms with Gasteiger partial charge in [0.25, 0.3) is 0 Å². The van der Waals surface area contributed by atoms with E-state index in [4.69, 9.17) is 25.8 Å². The minimum Gasteiger partial charge on any atom is -0.495 e. The number of methoxy groups -OCH3 is 1. The average Bonchev–Trinajstić information content (AvgIpc) is 2.45. The molecule has 23 heavy (non-hydrogen) atoms. The smallest absolute Gasteiger partial charge is 0.321 e. The van der Waals surface area contributed by atoms with Gasteiger partial charge in [-0.3, -0.25) is 0 Å². The van der Waals surface area contributed by atoms with E-state index >= 15 is 0 Å². The van der Waals surface area contributed by atoms with Gasteiger partial charge in [0.2, 0.25) is 0 Å². The van der Waals surface area contributed by atoms with Gasteiger partial charge < -0.3 is 24.4 Å². The van der Waals surface area contributed by atoms with Crippen molar-refractivity contribution in [3.8, 4) is 5.75 Å². The van der Waals surface area contributed by atoms with Crippen LogP contribution in [-0.4, -0.2) is 50.1 Å². The normalized spacial score (nSPS) is 21.7. The number of hydrogen-bond acceptors (Lipinski definition) is 4. The summed E-state index contributed by atoms with van der Waals surface area (Å²) in [5.74, 6) is 0.0336. The van der Waals surface area contributed by atoms with Crippen LogP contribution in [0.25, 0.3) is 0 Å². The van der Waals surface area contributed by atoms with Crippen LogP contribution in [0, 0.1) is 5.41 Å². The average molecular weight is 341 g/mol. The molecule has 126 valence electrons. The minimum absolute atomic E-state index is 0.0920. The molecule has 7 heteroatoms. The number of anilines is 1. The monoisotopic (exact) mass is 340 g/mol. The van der Waals surface area contributed by atoms with Crippen molar-refractivity contribution in [3.05, 3.63) is 23.2 Å². The van der Waals surface area contributed by atoms with Crippen molar-refractivity contribution >= 4 is 23.3 Å². The SMILES string of the molecule is COc1ccc(Cl)cc1NC(=O)N1CC2(COC(C)(C)OC2)C1. The topological polar surface area (TPSA) is 60.0 Å². The van der Waals surface area contributed by atoms with Gasteiger partial charge >= 0.3 is 6.03 Å². The van der Waals surface area contributed by atoms with Crippen LogP contribution >= 0.6 is 11.6 Å². The molecule has 0 saturated carbocycles. The number of ether oxygens (including phenoxy) is 3. The molecule has 1 N–H and O–H groups in total. The Balaban J connectivity index is 1.58. The number of amides is 2. The Morgan fingerprint density at radius 2 is 1.96 bits per heavy atom. The minimum atomic E-state index is -0.540. The van der Waals surface area contributed by atoms with Gasteiger partial charge in [0, 0.05) is 18.1 Å². The van der Waals surface area contributed by atoms with E-state index in [-0.39, 0.29) is 11.4 Å². The van der Waals surface area contributed by atoms with E-state index in [1.54, 1.807) is 30.2 Å². The molecule has 2 aliphatic rings. The second-order valence-electron chi connectivity index (χ2n) is 6.61. The molecule has 2 saturated heterocycles. The number of likely N-dealkylation sites (tertiary alicyclic amines) is 1. The maximum Gasteiger partial charge on any atom is 0.321 e. The molecule has 0 radical (unpaired) electrons. The number of rotatable bonds is 2. The summed E-state index contributed by atoms with van der Waals surface area (Å²) in [4.78, 5) is 14.1. The molecule has 0 aromatic heterocycles. The van der Waals surface area contributed by atoms with Crippen LogP contribution in [-0.2, 0) is 9.47 Å². The van der Waals surface area contributed by atoms with E-state index in [2.05, 4.69) is 5.32 Å². The Labute approximate surface area is 140 Å². The van der Waals surface area contributed by atoms with Crippen molar-refractivity contribution in [2.45, 2.75) is 19.6 Å². The molecule has 1 aromatic carbocycles. The molecule has 2 amide bonds. The highest BCUT2D eigenvalue weighted by Crippen LogP contribution is 2.38. The number of carbonyl (C=O) groups is 1. The highest BCUT2D eigenvalue weighted by Gasteiger charge is 2.50. The summed E-state index contributed by atoms with van der Waals surface area (Å²) >= 11 is 5.97. The molecule has 2 heterocycles. The van der Waals surface area contributed by atoms with Crippen LogP contribution in [0.15, 0.2) is 18.2 Å². The number of nitrogens with one attached hydrogen (secondary N) is 1. The van der Waals surface area contributed by atoms with E-state index in [1.165, 1.54) is 0 Å². The van der Waals surface area contributed by atoms with Crippen molar-refractivity contribution in [2.24, 2.45) is 5.41 Å². The number of halogens is 1. The highest BCUT2D eigenvalue weighted by atomic mass is 35.5. The molecule has 6 nitrogen and oxygen atoms in total. The van der Waals surface area contributed by atoms with E-state index in [1.807, 2.05) is 13.8 Å². The van der Waals surface area contributed by atoms with Crippen molar-refractivity contribution < 1.29 is 19.0 Å². The first-order valence-corrected chi connectivity index (χ1v) is 7.88. The summed E-state index contributed by atoms with van der Waals surface area (Å²) in [6.45, 7) is 6.22. The molecule has 0 atom stereocenters. The summed E-state index contributed by atoms with van der Waals surface area (Å²) in [5.41, 5.74) is 0.467. The molecule has 0 bridgehead atoms. The third-order valence-electron chi connectivity index (χ3n) is 4.19. The Kier molecular flexibility index (Phi) is 4.16. The number of hydrogen-bond donors (Lipinski definition) is 1. The van der Waals surface area contributed by atoms with E-state index in [0.29, 0.717) is 42.8 Å². The van der Waals surface area contributed by atoms with Crippen LogP contribution in [0.1, 0.15) is 13.8 Å². The second-order valence-corrected chi connectivity index (χ2v) is 7.04. The summed E-state index contributed by atoms with van der Waals surface area (Å²) in [7, 11) is 1.55. The number of urea groups is 1. The molecule has 0 aliphatic carbocycles. The molecule has 1 spiro atoms. The Hall–Kier alpha value is -1.50. The highest BCUT2D eigenvalue weighted by molar-refractivity contribution is 6.31. The van der Waals surface area contributed by atoms with Crippen molar-refractivity contribution in [1.82, 2.24) is 4.90 Å². The van der Waals surface area contributed by atoms with Gasteiger partial charge in [-0.15, -0.1) is 0 Å². The number of nitrogens with zero attached hydrogens (tertiary/aromatic N) is 1. The summed E-state index contributed by atoms with van der Waals surface area (Å²) in [6.07, 6.45) is 0. The number of carbonyl (C=O) groups excluding carboxylic acids is 1. The van der Waals surface area contributed by atoms with Gasteiger partial charge in [0.05, 0.1) is 31.4 Å². The van der Waals surface area contributed by atoms with Gasteiger partial charge in [-0.05, 0) is 32.0 Å². The van der Waals surface area contributed by atoms with E-state index in [0.717, 1.165) is 0 Å². The lowest BCUT2D eigenvalue weighted by Gasteiger charge is -2.53. The third-order valence-corrected chi connectivity index (χ3v) is 4.43. The molecule has 2 fully saturated rings. The largest absolute Gasteiger partial charge is 0.495 e. The van der Waals surface area contributed by atoms with Crippen LogP contribution in [0.2, 0.25) is 5.02 Å². The summed E-state index contributed by atoms with van der Waals surface area (Å²) in [6, 6.07) is 4.93. The third kappa shape index (κ3) is 3.39. The zero-order valence-corrected chi connectivity index (χ0v) is 14.3. The lowest BCUT2D eigenvalue weighted by Crippen LogP contribution is -2.66. The molecule has 3 rings (SSSR count). The summed E-state index contributed by atoms with van der Waals surface area (Å²) < 4.78 is 16.6. The standard InChI is InChI=1S/C16H21ClN2O4/c1-15(2)22-9-16(10-23-15)7-19(8-16)14(20)18-12-6-11(17)4-5-13(12)21-3/h4-6H,7-10H2,1-3H3,(H,18,20). The second kappa shape index (κ2) is 5.85. The quantitative estimate of drug-likeness (QED) is 0.899. The van der Waals surface area contributed by atoms with Crippen molar-refractivity contribution in [2.75, 3.05) is 38.7 Å². The van der Waals surface area contributed by atoms with Gasteiger partial charge in [0.15, 0.2) is 5.79 Å². The van der Waals surface area contributed by atoms with Crippen LogP contribution in [0.4, 0.5) is 10.5 Å². The molecular weight excluding hydrogens is 320 g/mol. The van der Waals surface area contributed by atoms with E-state index < -0.39 is 5.79 Å². The Morgan fingerprint density at radius 1 is 1.30 bits per heavy atom. The Bertz CT molecular complexity index is 602. The van der Waals surface area contributed by atoms with Gasteiger partial charge in [-0.2, -0.15) is 0 Å². The molecular formula is C16H21ClN2O4. The molecule has 2 aliphatic heterocycles. The predicted molar refractivity (Wildman–Crippen MR) is 87.0 cm³/mol. The van der Waals surface area contributed by atoms with Crippen molar-refractivity contribution in [3.63, 3.8) is 0 Å². The van der Waals surface area contributed by atoms with Crippen LogP contribution < -0.4 is 10.1 Å². The first-order valence-electron chi connectivity index (χ1n) is 7.50. The zero-order chi connectivity index (χ0) is 16.7. The first kappa shape index (κ1) is 16.4. The summed E-state index contributed by atoms with van der Waals surface area (Å²) in [5, 5.41) is 3.38. The lowest BCUT2D eigenvalue weighted by molar-refractivity contribution is -0.301. The molecule has 1 aromatic rings. The van der Waals surface area contributed by atoms with Crippen LogP contribution in [0.3, 0.4) is 0 Å². The zero-order valence-electron chi connectivity index (χ0n) is 13.5. The van der Waals surface area contributed by atoms with Gasteiger partial charge in [0.1, 0.15) is 5.75 Å².